The third-order valence-corrected chi connectivity index (χ3v) is 4.08. The van der Waals surface area contributed by atoms with Gasteiger partial charge in [0.15, 0.2) is 0 Å². The van der Waals surface area contributed by atoms with E-state index in [0.717, 1.165) is 23.1 Å². The van der Waals surface area contributed by atoms with E-state index >= 15 is 0 Å². The van der Waals surface area contributed by atoms with Gasteiger partial charge in [-0.1, -0.05) is 31.2 Å². The molecule has 0 aliphatic carbocycles. The molecule has 0 radical (unpaired) electrons. The Morgan fingerprint density at radius 3 is 2.29 bits per heavy atom. The van der Waals surface area contributed by atoms with Crippen molar-refractivity contribution in [1.82, 2.24) is 15.6 Å². The molecule has 1 aromatic heterocycles. The summed E-state index contributed by atoms with van der Waals surface area (Å²) in [4.78, 5) is 16.1. The first-order chi connectivity index (χ1) is 11.6. The first-order valence-corrected chi connectivity index (χ1v) is 8.32. The van der Waals surface area contributed by atoms with Gasteiger partial charge in [-0.05, 0) is 48.6 Å². The number of carbonyl (C=O) groups excluding carboxylic acids is 1. The van der Waals surface area contributed by atoms with Crippen LogP contribution in [0.1, 0.15) is 38.3 Å². The number of hydrogen-bond acceptors (Lipinski definition) is 3. The molecule has 0 aliphatic rings. The summed E-state index contributed by atoms with van der Waals surface area (Å²) in [6.45, 7) is 4.01. The van der Waals surface area contributed by atoms with E-state index in [4.69, 9.17) is 5.11 Å². The molecule has 0 spiro atoms. The van der Waals surface area contributed by atoms with Crippen molar-refractivity contribution in [3.63, 3.8) is 0 Å². The van der Waals surface area contributed by atoms with Crippen LogP contribution in [0, 0.1) is 0 Å². The number of hydrogen-bond donors (Lipinski definition) is 3. The number of carbonyl (C=O) groups is 1. The van der Waals surface area contributed by atoms with Crippen LogP contribution >= 0.6 is 0 Å². The van der Waals surface area contributed by atoms with Gasteiger partial charge in [0.05, 0.1) is 6.04 Å². The standard InChI is InChI=1S/C19H25N3O2/c1-3-18(10-13-23)22-19(24)21-14(2)15-4-6-16(7-5-15)17-8-11-20-12-9-17/h4-9,11-12,14,18,23H,3,10,13H2,1-2H3,(H2,21,22,24). The molecule has 1 aromatic carbocycles. The smallest absolute Gasteiger partial charge is 0.315 e. The summed E-state index contributed by atoms with van der Waals surface area (Å²) in [5.41, 5.74) is 3.27. The van der Waals surface area contributed by atoms with E-state index in [0.29, 0.717) is 6.42 Å². The van der Waals surface area contributed by atoms with Gasteiger partial charge >= 0.3 is 6.03 Å². The van der Waals surface area contributed by atoms with Crippen LogP contribution in [0.3, 0.4) is 0 Å². The number of aromatic nitrogens is 1. The predicted molar refractivity (Wildman–Crippen MR) is 95.5 cm³/mol. The van der Waals surface area contributed by atoms with Crippen LogP contribution < -0.4 is 10.6 Å². The van der Waals surface area contributed by atoms with Gasteiger partial charge in [0.1, 0.15) is 0 Å². The number of aliphatic hydroxyl groups excluding tert-OH is 1. The Balaban J connectivity index is 1.95. The molecule has 0 saturated carbocycles. The van der Waals surface area contributed by atoms with Crippen molar-refractivity contribution >= 4 is 6.03 Å². The highest BCUT2D eigenvalue weighted by Gasteiger charge is 2.13. The van der Waals surface area contributed by atoms with E-state index in [1.807, 2.05) is 50.2 Å². The summed E-state index contributed by atoms with van der Waals surface area (Å²) < 4.78 is 0. The molecular formula is C19H25N3O2. The van der Waals surface area contributed by atoms with Gasteiger partial charge in [-0.25, -0.2) is 4.79 Å². The highest BCUT2D eigenvalue weighted by molar-refractivity contribution is 5.74. The second kappa shape index (κ2) is 9.03. The van der Waals surface area contributed by atoms with E-state index in [1.165, 1.54) is 0 Å². The van der Waals surface area contributed by atoms with Crippen molar-refractivity contribution < 1.29 is 9.90 Å². The minimum Gasteiger partial charge on any atom is -0.396 e. The van der Waals surface area contributed by atoms with Gasteiger partial charge in [0.25, 0.3) is 0 Å². The second-order valence-electron chi connectivity index (χ2n) is 5.81. The number of nitrogens with zero attached hydrogens (tertiary/aromatic N) is 1. The lowest BCUT2D eigenvalue weighted by molar-refractivity contribution is 0.225. The zero-order chi connectivity index (χ0) is 17.4. The summed E-state index contributed by atoms with van der Waals surface area (Å²) in [5, 5.41) is 14.8. The van der Waals surface area contributed by atoms with E-state index in [2.05, 4.69) is 15.6 Å². The third-order valence-electron chi connectivity index (χ3n) is 4.08. The van der Waals surface area contributed by atoms with E-state index in [-0.39, 0.29) is 24.7 Å². The summed E-state index contributed by atoms with van der Waals surface area (Å²) in [7, 11) is 0. The van der Waals surface area contributed by atoms with E-state index < -0.39 is 0 Å². The molecule has 1 heterocycles. The quantitative estimate of drug-likeness (QED) is 0.730. The van der Waals surface area contributed by atoms with Crippen LogP contribution in [0.4, 0.5) is 4.79 Å². The van der Waals surface area contributed by atoms with Crippen LogP contribution in [0.15, 0.2) is 48.8 Å². The largest absolute Gasteiger partial charge is 0.396 e. The lowest BCUT2D eigenvalue weighted by atomic mass is 10.0. The maximum Gasteiger partial charge on any atom is 0.315 e. The monoisotopic (exact) mass is 327 g/mol. The zero-order valence-corrected chi connectivity index (χ0v) is 14.2. The maximum atomic E-state index is 12.0. The second-order valence-corrected chi connectivity index (χ2v) is 5.81. The SMILES string of the molecule is CCC(CCO)NC(=O)NC(C)c1ccc(-c2ccncc2)cc1. The number of amides is 2. The third kappa shape index (κ3) is 5.06. The fraction of sp³-hybridized carbons (Fsp3) is 0.368. The van der Waals surface area contributed by atoms with E-state index in [1.54, 1.807) is 12.4 Å². The first-order valence-electron chi connectivity index (χ1n) is 8.32. The fourth-order valence-electron chi connectivity index (χ4n) is 2.55. The van der Waals surface area contributed by atoms with Crippen molar-refractivity contribution in [2.45, 2.75) is 38.8 Å². The molecule has 0 aliphatic heterocycles. The Morgan fingerprint density at radius 1 is 1.08 bits per heavy atom. The molecule has 5 nitrogen and oxygen atoms in total. The van der Waals surface area contributed by atoms with Gasteiger partial charge in [-0.3, -0.25) is 4.98 Å². The minimum atomic E-state index is -0.207. The zero-order valence-electron chi connectivity index (χ0n) is 14.2. The van der Waals surface area contributed by atoms with Gasteiger partial charge in [-0.15, -0.1) is 0 Å². The minimum absolute atomic E-state index is 0.00346. The fourth-order valence-corrected chi connectivity index (χ4v) is 2.55. The number of rotatable bonds is 7. The molecule has 3 N–H and O–H groups in total. The molecule has 2 rings (SSSR count). The lowest BCUT2D eigenvalue weighted by Crippen LogP contribution is -2.43. The van der Waals surface area contributed by atoms with Gasteiger partial charge < -0.3 is 15.7 Å². The number of benzene rings is 1. The average molecular weight is 327 g/mol. The van der Waals surface area contributed by atoms with Crippen molar-refractivity contribution in [2.75, 3.05) is 6.61 Å². The van der Waals surface area contributed by atoms with Crippen LogP contribution in [-0.4, -0.2) is 28.8 Å². The van der Waals surface area contributed by atoms with Crippen molar-refractivity contribution in [3.8, 4) is 11.1 Å². The Kier molecular flexibility index (Phi) is 6.75. The van der Waals surface area contributed by atoms with Crippen LogP contribution in [-0.2, 0) is 0 Å². The molecule has 5 heteroatoms. The van der Waals surface area contributed by atoms with Crippen LogP contribution in [0.2, 0.25) is 0 Å². The molecule has 2 aromatic rings. The van der Waals surface area contributed by atoms with Crippen LogP contribution in [0.25, 0.3) is 11.1 Å². The molecule has 0 fully saturated rings. The van der Waals surface area contributed by atoms with Gasteiger partial charge in [0, 0.05) is 25.0 Å². The molecule has 128 valence electrons. The number of pyridine rings is 1. The molecule has 2 unspecified atom stereocenters. The van der Waals surface area contributed by atoms with Crippen LogP contribution in [0.5, 0.6) is 0 Å². The molecule has 2 atom stereocenters. The molecular weight excluding hydrogens is 302 g/mol. The van der Waals surface area contributed by atoms with E-state index in [9.17, 15) is 4.79 Å². The summed E-state index contributed by atoms with van der Waals surface area (Å²) in [5.74, 6) is 0. The van der Waals surface area contributed by atoms with Gasteiger partial charge in [-0.2, -0.15) is 0 Å². The lowest BCUT2D eigenvalue weighted by Gasteiger charge is -2.20. The highest BCUT2D eigenvalue weighted by atomic mass is 16.3. The van der Waals surface area contributed by atoms with Gasteiger partial charge in [0.2, 0.25) is 0 Å². The Labute approximate surface area is 143 Å². The molecule has 2 amide bonds. The number of nitrogens with one attached hydrogen (secondary N) is 2. The topological polar surface area (TPSA) is 74.2 Å². The predicted octanol–water partition coefficient (Wildman–Crippen LogP) is 3.27. The highest BCUT2D eigenvalue weighted by Crippen LogP contribution is 2.21. The normalized spacial score (nSPS) is 13.1. The Bertz CT molecular complexity index is 629. The van der Waals surface area contributed by atoms with Crippen molar-refractivity contribution in [3.05, 3.63) is 54.4 Å². The van der Waals surface area contributed by atoms with Crippen molar-refractivity contribution in [1.29, 1.82) is 0 Å². The Hall–Kier alpha value is -2.40. The van der Waals surface area contributed by atoms with Crippen molar-refractivity contribution in [2.24, 2.45) is 0 Å². The number of urea groups is 1. The first kappa shape index (κ1) is 17.9. The molecule has 24 heavy (non-hydrogen) atoms. The maximum absolute atomic E-state index is 12.0. The average Bonchev–Trinajstić information content (AvgIpc) is 2.62. The summed E-state index contributed by atoms with van der Waals surface area (Å²) in [6, 6.07) is 11.8. The summed E-state index contributed by atoms with van der Waals surface area (Å²) >= 11 is 0. The molecule has 0 saturated heterocycles. The number of aliphatic hydroxyl groups is 1. The molecule has 0 bridgehead atoms. The Morgan fingerprint density at radius 2 is 1.71 bits per heavy atom. The summed E-state index contributed by atoms with van der Waals surface area (Å²) in [6.07, 6.45) is 4.91.